The summed E-state index contributed by atoms with van der Waals surface area (Å²) < 4.78 is 0.822. The number of rotatable bonds is 4. The standard InChI is InChI=1S/C20H22BrN3O3/c1-4-7-24-17(25)15-14(8-10(2)3)23-20(16(15)18(24)26)12-9-11(21)5-6-13(12)22-19(20)27/h4-6,9-10,14-16,23H,1,7-8H2,2-3H3,(H,22,27)/t14-,15+,16+,20+/m0/s1. The van der Waals surface area contributed by atoms with Gasteiger partial charge in [-0.15, -0.1) is 6.58 Å². The first kappa shape index (κ1) is 18.4. The van der Waals surface area contributed by atoms with Crippen LogP contribution in [0.25, 0.3) is 0 Å². The lowest BCUT2D eigenvalue weighted by Gasteiger charge is -2.29. The second-order valence-electron chi connectivity index (χ2n) is 7.91. The van der Waals surface area contributed by atoms with Gasteiger partial charge in [-0.3, -0.25) is 24.6 Å². The number of halogens is 1. The average molecular weight is 432 g/mol. The van der Waals surface area contributed by atoms with Crippen LogP contribution in [0, 0.1) is 17.8 Å². The Morgan fingerprint density at radius 3 is 2.70 bits per heavy atom. The third-order valence-corrected chi connectivity index (χ3v) is 6.30. The lowest BCUT2D eigenvalue weighted by molar-refractivity contribution is -0.142. The van der Waals surface area contributed by atoms with Crippen LogP contribution < -0.4 is 10.6 Å². The van der Waals surface area contributed by atoms with Crippen molar-refractivity contribution in [2.24, 2.45) is 17.8 Å². The Morgan fingerprint density at radius 1 is 1.30 bits per heavy atom. The zero-order chi connectivity index (χ0) is 19.5. The predicted molar refractivity (Wildman–Crippen MR) is 105 cm³/mol. The van der Waals surface area contributed by atoms with Gasteiger partial charge in [0, 0.05) is 28.3 Å². The van der Waals surface area contributed by atoms with Crippen molar-refractivity contribution in [3.8, 4) is 0 Å². The lowest BCUT2D eigenvalue weighted by atomic mass is 9.76. The molecule has 4 rings (SSSR count). The maximum Gasteiger partial charge on any atom is 0.250 e. The molecule has 142 valence electrons. The van der Waals surface area contributed by atoms with Gasteiger partial charge in [-0.05, 0) is 30.5 Å². The van der Waals surface area contributed by atoms with Gasteiger partial charge in [0.05, 0.1) is 11.8 Å². The number of carbonyl (C=O) groups is 3. The number of benzene rings is 1. The number of hydrogen-bond donors (Lipinski definition) is 2. The minimum Gasteiger partial charge on any atom is -0.324 e. The smallest absolute Gasteiger partial charge is 0.250 e. The Balaban J connectivity index is 1.89. The molecular weight excluding hydrogens is 410 g/mol. The summed E-state index contributed by atoms with van der Waals surface area (Å²) >= 11 is 3.46. The second kappa shape index (κ2) is 6.27. The van der Waals surface area contributed by atoms with E-state index in [1.54, 1.807) is 6.08 Å². The van der Waals surface area contributed by atoms with Gasteiger partial charge in [0.15, 0.2) is 0 Å². The van der Waals surface area contributed by atoms with Crippen molar-refractivity contribution >= 4 is 39.3 Å². The molecule has 0 unspecified atom stereocenters. The molecule has 0 aromatic heterocycles. The zero-order valence-electron chi connectivity index (χ0n) is 15.3. The van der Waals surface area contributed by atoms with E-state index in [2.05, 4.69) is 47.0 Å². The molecular formula is C20H22BrN3O3. The number of nitrogens with zero attached hydrogens (tertiary/aromatic N) is 1. The molecule has 0 aliphatic carbocycles. The van der Waals surface area contributed by atoms with Crippen LogP contribution in [0.4, 0.5) is 5.69 Å². The third kappa shape index (κ3) is 2.44. The van der Waals surface area contributed by atoms with Crippen LogP contribution in [0.2, 0.25) is 0 Å². The van der Waals surface area contributed by atoms with E-state index in [1.807, 2.05) is 18.2 Å². The van der Waals surface area contributed by atoms with Gasteiger partial charge in [-0.1, -0.05) is 35.9 Å². The highest BCUT2D eigenvalue weighted by Gasteiger charge is 2.70. The number of hydrogen-bond acceptors (Lipinski definition) is 4. The first-order chi connectivity index (χ1) is 12.8. The number of likely N-dealkylation sites (tertiary alicyclic amines) is 1. The van der Waals surface area contributed by atoms with Crippen LogP contribution in [0.3, 0.4) is 0 Å². The van der Waals surface area contributed by atoms with Crippen LogP contribution in [0.15, 0.2) is 35.3 Å². The van der Waals surface area contributed by atoms with E-state index in [1.165, 1.54) is 4.90 Å². The van der Waals surface area contributed by atoms with E-state index in [9.17, 15) is 14.4 Å². The number of imide groups is 1. The van der Waals surface area contributed by atoms with E-state index in [0.717, 1.165) is 10.0 Å². The fourth-order valence-corrected chi connectivity index (χ4v) is 5.21. The van der Waals surface area contributed by atoms with Gasteiger partial charge in [-0.2, -0.15) is 0 Å². The van der Waals surface area contributed by atoms with E-state index >= 15 is 0 Å². The molecule has 2 fully saturated rings. The van der Waals surface area contributed by atoms with Crippen LogP contribution in [-0.2, 0) is 19.9 Å². The van der Waals surface area contributed by atoms with Gasteiger partial charge in [-0.25, -0.2) is 0 Å². The molecule has 3 heterocycles. The van der Waals surface area contributed by atoms with Crippen molar-refractivity contribution in [2.45, 2.75) is 31.8 Å². The summed E-state index contributed by atoms with van der Waals surface area (Å²) in [5, 5.41) is 6.33. The monoisotopic (exact) mass is 431 g/mol. The number of carbonyl (C=O) groups excluding carboxylic acids is 3. The summed E-state index contributed by atoms with van der Waals surface area (Å²) in [5.41, 5.74) is 0.193. The molecule has 0 bridgehead atoms. The van der Waals surface area contributed by atoms with Crippen LogP contribution in [-0.4, -0.2) is 35.2 Å². The number of nitrogens with one attached hydrogen (secondary N) is 2. The van der Waals surface area contributed by atoms with Crippen LogP contribution in [0.5, 0.6) is 0 Å². The van der Waals surface area contributed by atoms with E-state index < -0.39 is 17.4 Å². The highest BCUT2D eigenvalue weighted by molar-refractivity contribution is 9.10. The molecule has 3 aliphatic rings. The SMILES string of the molecule is C=CCN1C(=O)[C@@H]2[C@H](CC(C)C)N[C@@]3(C(=O)Nc4ccc(Br)cc43)[C@H]2C1=O. The molecule has 3 amide bonds. The zero-order valence-corrected chi connectivity index (χ0v) is 16.9. The lowest BCUT2D eigenvalue weighted by Crippen LogP contribution is -2.53. The molecule has 0 radical (unpaired) electrons. The molecule has 1 aromatic rings. The highest BCUT2D eigenvalue weighted by Crippen LogP contribution is 2.54. The number of amides is 3. The van der Waals surface area contributed by atoms with Crippen LogP contribution in [0.1, 0.15) is 25.8 Å². The van der Waals surface area contributed by atoms with Crippen molar-refractivity contribution in [1.82, 2.24) is 10.2 Å². The Kier molecular flexibility index (Phi) is 4.27. The topological polar surface area (TPSA) is 78.5 Å². The summed E-state index contributed by atoms with van der Waals surface area (Å²) in [6.45, 7) is 7.97. The van der Waals surface area contributed by atoms with Gasteiger partial charge in [0.25, 0.3) is 0 Å². The summed E-state index contributed by atoms with van der Waals surface area (Å²) in [6.07, 6.45) is 2.26. The largest absolute Gasteiger partial charge is 0.324 e. The maximum atomic E-state index is 13.2. The quantitative estimate of drug-likeness (QED) is 0.566. The molecule has 27 heavy (non-hydrogen) atoms. The van der Waals surface area contributed by atoms with Crippen molar-refractivity contribution < 1.29 is 14.4 Å². The van der Waals surface area contributed by atoms with Gasteiger partial charge >= 0.3 is 0 Å². The average Bonchev–Trinajstić information content (AvgIpc) is 3.16. The molecule has 7 heteroatoms. The summed E-state index contributed by atoms with van der Waals surface area (Å²) in [6, 6.07) is 5.29. The molecule has 1 aromatic carbocycles. The Labute approximate surface area is 166 Å². The molecule has 2 saturated heterocycles. The summed E-state index contributed by atoms with van der Waals surface area (Å²) in [7, 11) is 0. The summed E-state index contributed by atoms with van der Waals surface area (Å²) in [4.78, 5) is 40.7. The second-order valence-corrected chi connectivity index (χ2v) is 8.83. The van der Waals surface area contributed by atoms with Crippen LogP contribution >= 0.6 is 15.9 Å². The first-order valence-electron chi connectivity index (χ1n) is 9.16. The number of anilines is 1. The molecule has 4 atom stereocenters. The van der Waals surface area contributed by atoms with E-state index in [-0.39, 0.29) is 30.3 Å². The van der Waals surface area contributed by atoms with Gasteiger partial charge in [0.1, 0.15) is 5.54 Å². The normalized spacial score (nSPS) is 31.6. The fraction of sp³-hybridized carbons (Fsp3) is 0.450. The highest BCUT2D eigenvalue weighted by atomic mass is 79.9. The number of fused-ring (bicyclic) bond motifs is 4. The molecule has 2 N–H and O–H groups in total. The molecule has 1 spiro atoms. The third-order valence-electron chi connectivity index (χ3n) is 5.81. The minimum atomic E-state index is -1.22. The summed E-state index contributed by atoms with van der Waals surface area (Å²) in [5.74, 6) is -1.75. The minimum absolute atomic E-state index is 0.169. The van der Waals surface area contributed by atoms with Crippen molar-refractivity contribution in [3.05, 3.63) is 40.9 Å². The van der Waals surface area contributed by atoms with Crippen molar-refractivity contribution in [3.63, 3.8) is 0 Å². The van der Waals surface area contributed by atoms with Crippen molar-refractivity contribution in [1.29, 1.82) is 0 Å². The predicted octanol–water partition coefficient (Wildman–Crippen LogP) is 2.40. The van der Waals surface area contributed by atoms with Gasteiger partial charge in [0.2, 0.25) is 17.7 Å². The Morgan fingerprint density at radius 2 is 2.04 bits per heavy atom. The molecule has 0 saturated carbocycles. The Hall–Kier alpha value is -1.99. The van der Waals surface area contributed by atoms with E-state index in [0.29, 0.717) is 18.0 Å². The van der Waals surface area contributed by atoms with Crippen molar-refractivity contribution in [2.75, 3.05) is 11.9 Å². The maximum absolute atomic E-state index is 13.2. The Bertz CT molecular complexity index is 868. The first-order valence-corrected chi connectivity index (χ1v) is 9.95. The van der Waals surface area contributed by atoms with Gasteiger partial charge < -0.3 is 5.32 Å². The molecule has 3 aliphatic heterocycles. The molecule has 6 nitrogen and oxygen atoms in total. The fourth-order valence-electron chi connectivity index (χ4n) is 4.85. The van der Waals surface area contributed by atoms with E-state index in [4.69, 9.17) is 0 Å².